The molecule has 0 aliphatic heterocycles. The minimum atomic E-state index is -0.0772. The highest BCUT2D eigenvalue weighted by molar-refractivity contribution is 9.10. The minimum Gasteiger partial charge on any atom is -0.345 e. The van der Waals surface area contributed by atoms with Crippen LogP contribution in [-0.4, -0.2) is 17.4 Å². The van der Waals surface area contributed by atoms with E-state index in [9.17, 15) is 4.79 Å². The quantitative estimate of drug-likeness (QED) is 0.767. The maximum absolute atomic E-state index is 10.5. The zero-order valence-corrected chi connectivity index (χ0v) is 9.26. The monoisotopic (exact) mass is 252 g/mol. The number of amides is 1. The second kappa shape index (κ2) is 5.40. The summed E-state index contributed by atoms with van der Waals surface area (Å²) in [7, 11) is 0. The number of nitrogens with zero attached hydrogens (tertiary/aromatic N) is 1. The number of halogens is 1. The first kappa shape index (κ1) is 10.7. The highest BCUT2D eigenvalue weighted by atomic mass is 79.9. The molecule has 3 nitrogen and oxygen atoms in total. The molecule has 72 valence electrons. The lowest BCUT2D eigenvalue weighted by molar-refractivity contribution is -0.118. The molecule has 0 aromatic carbocycles. The molecule has 0 saturated carbocycles. The lowest BCUT2D eigenvalue weighted by Crippen LogP contribution is -2.19. The van der Waals surface area contributed by atoms with Crippen molar-refractivity contribution in [2.45, 2.75) is 6.92 Å². The second-order valence-electron chi connectivity index (χ2n) is 2.60. The van der Waals surface area contributed by atoms with Crippen LogP contribution in [0, 0.1) is 11.8 Å². The Kier molecular flexibility index (Phi) is 4.14. The smallest absolute Gasteiger partial charge is 0.217 e. The first-order valence-corrected chi connectivity index (χ1v) is 4.81. The summed E-state index contributed by atoms with van der Waals surface area (Å²) in [6.45, 7) is 1.82. The number of hydrogen-bond donors (Lipinski definition) is 1. The predicted molar refractivity (Wildman–Crippen MR) is 57.5 cm³/mol. The third-order valence-electron chi connectivity index (χ3n) is 1.36. The van der Waals surface area contributed by atoms with Crippen LogP contribution in [0.25, 0.3) is 0 Å². The average Bonchev–Trinajstić information content (AvgIpc) is 2.12. The SMILES string of the molecule is CC(=O)NCC#Cc1cncc(Br)c1. The number of carbonyl (C=O) groups excluding carboxylic acids is 1. The number of rotatable bonds is 1. The van der Waals surface area contributed by atoms with E-state index in [0.717, 1.165) is 10.0 Å². The van der Waals surface area contributed by atoms with Gasteiger partial charge in [0.1, 0.15) is 0 Å². The van der Waals surface area contributed by atoms with E-state index in [1.54, 1.807) is 12.4 Å². The first-order valence-electron chi connectivity index (χ1n) is 4.02. The summed E-state index contributed by atoms with van der Waals surface area (Å²) in [4.78, 5) is 14.5. The van der Waals surface area contributed by atoms with Gasteiger partial charge in [-0.1, -0.05) is 11.8 Å². The third kappa shape index (κ3) is 4.06. The zero-order valence-electron chi connectivity index (χ0n) is 7.67. The summed E-state index contributed by atoms with van der Waals surface area (Å²) in [6, 6.07) is 1.87. The largest absolute Gasteiger partial charge is 0.345 e. The van der Waals surface area contributed by atoms with Crippen LogP contribution >= 0.6 is 15.9 Å². The molecule has 0 atom stereocenters. The van der Waals surface area contributed by atoms with E-state index in [1.165, 1.54) is 6.92 Å². The van der Waals surface area contributed by atoms with Gasteiger partial charge in [-0.25, -0.2) is 0 Å². The molecule has 0 unspecified atom stereocenters. The number of hydrogen-bond acceptors (Lipinski definition) is 2. The van der Waals surface area contributed by atoms with E-state index in [-0.39, 0.29) is 5.91 Å². The van der Waals surface area contributed by atoms with Crippen LogP contribution < -0.4 is 5.32 Å². The third-order valence-corrected chi connectivity index (χ3v) is 1.80. The van der Waals surface area contributed by atoms with Gasteiger partial charge < -0.3 is 5.32 Å². The maximum Gasteiger partial charge on any atom is 0.217 e. The van der Waals surface area contributed by atoms with Crippen molar-refractivity contribution in [2.24, 2.45) is 0 Å². The van der Waals surface area contributed by atoms with Crippen molar-refractivity contribution in [3.05, 3.63) is 28.5 Å². The Morgan fingerprint density at radius 3 is 3.07 bits per heavy atom. The Morgan fingerprint density at radius 2 is 2.43 bits per heavy atom. The van der Waals surface area contributed by atoms with Crippen LogP contribution in [0.1, 0.15) is 12.5 Å². The van der Waals surface area contributed by atoms with Gasteiger partial charge in [-0.05, 0) is 22.0 Å². The van der Waals surface area contributed by atoms with Gasteiger partial charge >= 0.3 is 0 Å². The fourth-order valence-electron chi connectivity index (χ4n) is 0.795. The molecular weight excluding hydrogens is 244 g/mol. The van der Waals surface area contributed by atoms with Crippen molar-refractivity contribution in [2.75, 3.05) is 6.54 Å². The van der Waals surface area contributed by atoms with Crippen molar-refractivity contribution >= 4 is 21.8 Å². The number of nitrogens with one attached hydrogen (secondary N) is 1. The van der Waals surface area contributed by atoms with Crippen LogP contribution in [0.4, 0.5) is 0 Å². The first-order chi connectivity index (χ1) is 6.68. The van der Waals surface area contributed by atoms with Gasteiger partial charge in [0.25, 0.3) is 0 Å². The Bertz CT molecular complexity index is 393. The molecule has 0 aliphatic rings. The molecule has 1 rings (SSSR count). The fourth-order valence-corrected chi connectivity index (χ4v) is 1.16. The Balaban J connectivity index is 2.55. The summed E-state index contributed by atoms with van der Waals surface area (Å²) in [5.74, 6) is 5.62. The standard InChI is InChI=1S/C10H9BrN2O/c1-8(14)13-4-2-3-9-5-10(11)7-12-6-9/h5-7H,4H2,1H3,(H,13,14). The van der Waals surface area contributed by atoms with Crippen LogP contribution in [0.15, 0.2) is 22.9 Å². The average molecular weight is 253 g/mol. The van der Waals surface area contributed by atoms with Gasteiger partial charge in [0.2, 0.25) is 5.91 Å². The highest BCUT2D eigenvalue weighted by Crippen LogP contribution is 2.07. The molecule has 1 N–H and O–H groups in total. The molecule has 0 aliphatic carbocycles. The molecule has 4 heteroatoms. The predicted octanol–water partition coefficient (Wildman–Crippen LogP) is 1.33. The van der Waals surface area contributed by atoms with E-state index < -0.39 is 0 Å². The molecule has 1 amide bonds. The summed E-state index contributed by atoms with van der Waals surface area (Å²) in [5, 5.41) is 2.59. The molecular formula is C10H9BrN2O. The molecule has 0 saturated heterocycles. The highest BCUT2D eigenvalue weighted by Gasteiger charge is 1.89. The molecule has 0 radical (unpaired) electrons. The lowest BCUT2D eigenvalue weighted by Gasteiger charge is -1.92. The van der Waals surface area contributed by atoms with E-state index in [4.69, 9.17) is 0 Å². The van der Waals surface area contributed by atoms with E-state index in [1.807, 2.05) is 6.07 Å². The molecule has 0 fully saturated rings. The fraction of sp³-hybridized carbons (Fsp3) is 0.200. The number of aromatic nitrogens is 1. The van der Waals surface area contributed by atoms with Crippen LogP contribution in [0.5, 0.6) is 0 Å². The summed E-state index contributed by atoms with van der Waals surface area (Å²) in [5.41, 5.74) is 0.824. The topological polar surface area (TPSA) is 42.0 Å². The van der Waals surface area contributed by atoms with E-state index in [0.29, 0.717) is 6.54 Å². The number of pyridine rings is 1. The van der Waals surface area contributed by atoms with Crippen LogP contribution in [0.3, 0.4) is 0 Å². The van der Waals surface area contributed by atoms with Gasteiger partial charge in [-0.3, -0.25) is 9.78 Å². The van der Waals surface area contributed by atoms with Gasteiger partial charge in [-0.15, -0.1) is 0 Å². The van der Waals surface area contributed by atoms with Gasteiger partial charge in [0, 0.05) is 29.4 Å². The van der Waals surface area contributed by atoms with Gasteiger partial charge in [0.15, 0.2) is 0 Å². The maximum atomic E-state index is 10.5. The molecule has 0 bridgehead atoms. The van der Waals surface area contributed by atoms with Crippen molar-refractivity contribution in [3.8, 4) is 11.8 Å². The Labute approximate surface area is 91.1 Å². The van der Waals surface area contributed by atoms with Crippen molar-refractivity contribution in [1.29, 1.82) is 0 Å². The van der Waals surface area contributed by atoms with E-state index in [2.05, 4.69) is 38.1 Å². The van der Waals surface area contributed by atoms with Crippen molar-refractivity contribution in [1.82, 2.24) is 10.3 Å². The number of carbonyl (C=O) groups is 1. The molecule has 0 spiro atoms. The normalized spacial score (nSPS) is 8.71. The molecule has 1 heterocycles. The molecule has 1 aromatic heterocycles. The van der Waals surface area contributed by atoms with Crippen molar-refractivity contribution in [3.63, 3.8) is 0 Å². The van der Waals surface area contributed by atoms with Gasteiger partial charge in [-0.2, -0.15) is 0 Å². The van der Waals surface area contributed by atoms with Gasteiger partial charge in [0.05, 0.1) is 6.54 Å². The summed E-state index contributed by atoms with van der Waals surface area (Å²) in [6.07, 6.45) is 3.37. The van der Waals surface area contributed by atoms with Crippen molar-refractivity contribution < 1.29 is 4.79 Å². The summed E-state index contributed by atoms with van der Waals surface area (Å²) >= 11 is 3.29. The lowest BCUT2D eigenvalue weighted by atomic mass is 10.3. The molecule has 1 aromatic rings. The minimum absolute atomic E-state index is 0.0772. The molecule has 14 heavy (non-hydrogen) atoms. The zero-order chi connectivity index (χ0) is 10.4. The van der Waals surface area contributed by atoms with Crippen LogP contribution in [-0.2, 0) is 4.79 Å². The Morgan fingerprint density at radius 1 is 1.64 bits per heavy atom. The van der Waals surface area contributed by atoms with E-state index >= 15 is 0 Å². The Hall–Kier alpha value is -1.34. The summed E-state index contributed by atoms with van der Waals surface area (Å²) < 4.78 is 0.892. The van der Waals surface area contributed by atoms with Crippen LogP contribution in [0.2, 0.25) is 0 Å². The second-order valence-corrected chi connectivity index (χ2v) is 3.52.